The number of hydrogen-bond acceptors (Lipinski definition) is 6. The van der Waals surface area contributed by atoms with Crippen molar-refractivity contribution in [3.05, 3.63) is 27.9 Å². The first-order valence-electron chi connectivity index (χ1n) is 4.96. The van der Waals surface area contributed by atoms with E-state index in [1.165, 1.54) is 6.07 Å². The summed E-state index contributed by atoms with van der Waals surface area (Å²) < 4.78 is 4.83. The van der Waals surface area contributed by atoms with E-state index in [-0.39, 0.29) is 17.9 Å². The van der Waals surface area contributed by atoms with E-state index in [2.05, 4.69) is 4.98 Å². The molecular weight excluding hydrogens is 226 g/mol. The number of esters is 1. The lowest BCUT2D eigenvalue weighted by molar-refractivity contribution is -0.385. The molecular formula is C10H13N3O4. The molecule has 7 heteroatoms. The van der Waals surface area contributed by atoms with E-state index in [1.54, 1.807) is 25.9 Å². The SMILES string of the molecule is CCOC(=O)c1cc([N+](=O)[O-])cnc1N(C)C. The number of pyridine rings is 1. The molecule has 0 unspecified atom stereocenters. The maximum atomic E-state index is 11.6. The molecule has 0 spiro atoms. The first kappa shape index (κ1) is 12.9. The molecule has 1 rings (SSSR count). The molecule has 92 valence electrons. The van der Waals surface area contributed by atoms with Crippen molar-refractivity contribution in [3.8, 4) is 0 Å². The Kier molecular flexibility index (Phi) is 3.97. The Morgan fingerprint density at radius 2 is 2.24 bits per heavy atom. The van der Waals surface area contributed by atoms with Crippen LogP contribution in [0.4, 0.5) is 11.5 Å². The van der Waals surface area contributed by atoms with Crippen LogP contribution in [0.15, 0.2) is 12.3 Å². The largest absolute Gasteiger partial charge is 0.462 e. The second-order valence-corrected chi connectivity index (χ2v) is 3.44. The summed E-state index contributed by atoms with van der Waals surface area (Å²) in [5, 5.41) is 10.6. The van der Waals surface area contributed by atoms with Gasteiger partial charge in [0.2, 0.25) is 0 Å². The molecule has 0 saturated carbocycles. The molecule has 1 aromatic heterocycles. The topological polar surface area (TPSA) is 85.6 Å². The molecule has 7 nitrogen and oxygen atoms in total. The third-order valence-corrected chi connectivity index (χ3v) is 1.98. The van der Waals surface area contributed by atoms with E-state index in [0.29, 0.717) is 5.82 Å². The van der Waals surface area contributed by atoms with Crippen molar-refractivity contribution in [1.82, 2.24) is 4.98 Å². The predicted octanol–water partition coefficient (Wildman–Crippen LogP) is 1.23. The Labute approximate surface area is 98.2 Å². The van der Waals surface area contributed by atoms with Crippen LogP contribution < -0.4 is 4.90 Å². The van der Waals surface area contributed by atoms with Gasteiger partial charge in [-0.25, -0.2) is 9.78 Å². The predicted molar refractivity (Wildman–Crippen MR) is 61.2 cm³/mol. The van der Waals surface area contributed by atoms with Gasteiger partial charge in [0.05, 0.1) is 11.5 Å². The van der Waals surface area contributed by atoms with Crippen LogP contribution in [0.5, 0.6) is 0 Å². The minimum absolute atomic E-state index is 0.0889. The van der Waals surface area contributed by atoms with Crippen molar-refractivity contribution in [1.29, 1.82) is 0 Å². The normalized spacial score (nSPS) is 9.82. The minimum Gasteiger partial charge on any atom is -0.462 e. The monoisotopic (exact) mass is 239 g/mol. The van der Waals surface area contributed by atoms with Crippen LogP contribution in [-0.2, 0) is 4.74 Å². The standard InChI is InChI=1S/C10H13N3O4/c1-4-17-10(14)8-5-7(13(15)16)6-11-9(8)12(2)3/h5-6H,4H2,1-3H3. The van der Waals surface area contributed by atoms with Crippen molar-refractivity contribution >= 4 is 17.5 Å². The zero-order valence-corrected chi connectivity index (χ0v) is 9.84. The van der Waals surface area contributed by atoms with Crippen LogP contribution in [0.2, 0.25) is 0 Å². The molecule has 0 aliphatic carbocycles. The first-order valence-corrected chi connectivity index (χ1v) is 4.96. The molecule has 0 atom stereocenters. The average molecular weight is 239 g/mol. The Bertz CT molecular complexity index is 445. The number of nitrogens with zero attached hydrogens (tertiary/aromatic N) is 3. The first-order chi connectivity index (χ1) is 7.97. The maximum absolute atomic E-state index is 11.6. The molecule has 1 aromatic rings. The summed E-state index contributed by atoms with van der Waals surface area (Å²) >= 11 is 0. The van der Waals surface area contributed by atoms with Gasteiger partial charge in [-0.2, -0.15) is 0 Å². The summed E-state index contributed by atoms with van der Waals surface area (Å²) in [7, 11) is 3.38. The molecule has 0 fully saturated rings. The molecule has 0 radical (unpaired) electrons. The van der Waals surface area contributed by atoms with Gasteiger partial charge in [-0.05, 0) is 6.92 Å². The fraction of sp³-hybridized carbons (Fsp3) is 0.400. The molecule has 17 heavy (non-hydrogen) atoms. The molecule has 0 bridgehead atoms. The number of ether oxygens (including phenoxy) is 1. The Morgan fingerprint density at radius 1 is 1.59 bits per heavy atom. The molecule has 0 aliphatic heterocycles. The highest BCUT2D eigenvalue weighted by Gasteiger charge is 2.20. The van der Waals surface area contributed by atoms with Crippen LogP contribution in [0.25, 0.3) is 0 Å². The fourth-order valence-electron chi connectivity index (χ4n) is 1.26. The number of rotatable bonds is 4. The van der Waals surface area contributed by atoms with Gasteiger partial charge < -0.3 is 9.64 Å². The van der Waals surface area contributed by atoms with Crippen LogP contribution in [0.1, 0.15) is 17.3 Å². The zero-order chi connectivity index (χ0) is 13.0. The van der Waals surface area contributed by atoms with Crippen molar-refractivity contribution in [3.63, 3.8) is 0 Å². The maximum Gasteiger partial charge on any atom is 0.342 e. The van der Waals surface area contributed by atoms with Gasteiger partial charge >= 0.3 is 5.97 Å². The molecule has 0 aromatic carbocycles. The van der Waals surface area contributed by atoms with Crippen LogP contribution in [0, 0.1) is 10.1 Å². The zero-order valence-electron chi connectivity index (χ0n) is 9.84. The summed E-state index contributed by atoms with van der Waals surface area (Å²) in [6, 6.07) is 1.17. The van der Waals surface area contributed by atoms with Crippen LogP contribution in [-0.4, -0.2) is 36.6 Å². The number of carbonyl (C=O) groups is 1. The van der Waals surface area contributed by atoms with Gasteiger partial charge in [0.1, 0.15) is 17.6 Å². The van der Waals surface area contributed by atoms with E-state index in [9.17, 15) is 14.9 Å². The lowest BCUT2D eigenvalue weighted by Gasteiger charge is -2.14. The van der Waals surface area contributed by atoms with Crippen molar-refractivity contribution in [2.45, 2.75) is 6.92 Å². The van der Waals surface area contributed by atoms with E-state index < -0.39 is 10.9 Å². The Morgan fingerprint density at radius 3 is 2.71 bits per heavy atom. The number of anilines is 1. The lowest BCUT2D eigenvalue weighted by Crippen LogP contribution is -2.17. The second kappa shape index (κ2) is 5.24. The summed E-state index contributed by atoms with van der Waals surface area (Å²) in [5.41, 5.74) is -0.148. The minimum atomic E-state index is -0.618. The summed E-state index contributed by atoms with van der Waals surface area (Å²) in [5.74, 6) is -0.276. The lowest BCUT2D eigenvalue weighted by atomic mass is 10.2. The molecule has 0 saturated heterocycles. The highest BCUT2D eigenvalue weighted by Crippen LogP contribution is 2.21. The third-order valence-electron chi connectivity index (χ3n) is 1.98. The van der Waals surface area contributed by atoms with Gasteiger partial charge in [0, 0.05) is 20.2 Å². The van der Waals surface area contributed by atoms with Gasteiger partial charge in [0.25, 0.3) is 5.69 Å². The summed E-state index contributed by atoms with van der Waals surface area (Å²) in [6.45, 7) is 1.87. The highest BCUT2D eigenvalue weighted by molar-refractivity contribution is 5.95. The van der Waals surface area contributed by atoms with Crippen molar-refractivity contribution < 1.29 is 14.5 Å². The number of carbonyl (C=O) groups excluding carboxylic acids is 1. The van der Waals surface area contributed by atoms with Crippen molar-refractivity contribution in [2.75, 3.05) is 25.6 Å². The van der Waals surface area contributed by atoms with Gasteiger partial charge in [0.15, 0.2) is 0 Å². The Balaban J connectivity index is 3.25. The number of nitro groups is 1. The molecule has 0 N–H and O–H groups in total. The van der Waals surface area contributed by atoms with Crippen LogP contribution in [0.3, 0.4) is 0 Å². The molecule has 0 aliphatic rings. The summed E-state index contributed by atoms with van der Waals surface area (Å²) in [4.78, 5) is 27.1. The van der Waals surface area contributed by atoms with Crippen LogP contribution >= 0.6 is 0 Å². The number of hydrogen-bond donors (Lipinski definition) is 0. The van der Waals surface area contributed by atoms with E-state index in [1.807, 2.05) is 0 Å². The summed E-state index contributed by atoms with van der Waals surface area (Å²) in [6.07, 6.45) is 1.11. The molecule has 0 amide bonds. The number of aromatic nitrogens is 1. The van der Waals surface area contributed by atoms with Gasteiger partial charge in [-0.3, -0.25) is 10.1 Å². The van der Waals surface area contributed by atoms with Gasteiger partial charge in [-0.15, -0.1) is 0 Å². The molecule has 1 heterocycles. The average Bonchev–Trinajstić information content (AvgIpc) is 2.28. The van der Waals surface area contributed by atoms with Gasteiger partial charge in [-0.1, -0.05) is 0 Å². The Hall–Kier alpha value is -2.18. The quantitative estimate of drug-likeness (QED) is 0.446. The van der Waals surface area contributed by atoms with Crippen molar-refractivity contribution in [2.24, 2.45) is 0 Å². The van der Waals surface area contributed by atoms with E-state index >= 15 is 0 Å². The smallest absolute Gasteiger partial charge is 0.342 e. The van der Waals surface area contributed by atoms with E-state index in [0.717, 1.165) is 6.20 Å². The second-order valence-electron chi connectivity index (χ2n) is 3.44. The highest BCUT2D eigenvalue weighted by atomic mass is 16.6. The van der Waals surface area contributed by atoms with E-state index in [4.69, 9.17) is 4.74 Å². The fourth-order valence-corrected chi connectivity index (χ4v) is 1.26. The third kappa shape index (κ3) is 2.90.